The van der Waals surface area contributed by atoms with E-state index in [0.717, 1.165) is 38.4 Å². The van der Waals surface area contributed by atoms with Crippen LogP contribution in [0.4, 0.5) is 0 Å². The third-order valence-electron chi connectivity index (χ3n) is 2.56. The second kappa shape index (κ2) is 10.1. The molecular weight excluding hydrogens is 212 g/mol. The van der Waals surface area contributed by atoms with Crippen LogP contribution in [-0.2, 0) is 0 Å². The summed E-state index contributed by atoms with van der Waals surface area (Å²) in [6, 6.07) is 10.0. The monoisotopic (exact) mass is 236 g/mol. The van der Waals surface area contributed by atoms with Crippen LogP contribution in [0.25, 0.3) is 0 Å². The van der Waals surface area contributed by atoms with Gasteiger partial charge in [0, 0.05) is 13.1 Å². The van der Waals surface area contributed by atoms with Crippen molar-refractivity contribution in [1.29, 1.82) is 0 Å². The normalized spacial score (nSPS) is 10.4. The smallest absolute Gasteiger partial charge is 0.119 e. The van der Waals surface area contributed by atoms with Gasteiger partial charge in [-0.2, -0.15) is 0 Å². The first-order chi connectivity index (χ1) is 8.43. The molecule has 1 aromatic carbocycles. The molecule has 0 fully saturated rings. The Labute approximate surface area is 105 Å². The van der Waals surface area contributed by atoms with Crippen molar-refractivity contribution < 1.29 is 4.74 Å². The van der Waals surface area contributed by atoms with Crippen molar-refractivity contribution in [3.05, 3.63) is 30.3 Å². The number of benzene rings is 1. The van der Waals surface area contributed by atoms with E-state index in [-0.39, 0.29) is 0 Å². The van der Waals surface area contributed by atoms with Crippen LogP contribution in [0.1, 0.15) is 19.3 Å². The van der Waals surface area contributed by atoms with E-state index in [1.807, 2.05) is 37.4 Å². The van der Waals surface area contributed by atoms with E-state index >= 15 is 0 Å². The molecule has 2 N–H and O–H groups in total. The summed E-state index contributed by atoms with van der Waals surface area (Å²) >= 11 is 0. The zero-order chi connectivity index (χ0) is 12.2. The standard InChI is InChI=1S/C14H24N2O/c1-15-11-12-16-10-6-3-7-13-17-14-8-4-2-5-9-14/h2,4-5,8-9,15-16H,3,6-7,10-13H2,1H3. The van der Waals surface area contributed by atoms with Crippen molar-refractivity contribution in [3.8, 4) is 5.75 Å². The van der Waals surface area contributed by atoms with Crippen molar-refractivity contribution in [2.45, 2.75) is 19.3 Å². The number of rotatable bonds is 10. The molecule has 1 rings (SSSR count). The maximum atomic E-state index is 5.62. The summed E-state index contributed by atoms with van der Waals surface area (Å²) in [6.45, 7) is 4.02. The van der Waals surface area contributed by atoms with Gasteiger partial charge in [0.1, 0.15) is 5.75 Å². The molecule has 3 nitrogen and oxygen atoms in total. The van der Waals surface area contributed by atoms with E-state index in [0.29, 0.717) is 0 Å². The van der Waals surface area contributed by atoms with Gasteiger partial charge in [-0.15, -0.1) is 0 Å². The number of unbranched alkanes of at least 4 members (excludes halogenated alkanes) is 2. The summed E-state index contributed by atoms with van der Waals surface area (Å²) in [4.78, 5) is 0. The van der Waals surface area contributed by atoms with Gasteiger partial charge < -0.3 is 15.4 Å². The Morgan fingerprint density at radius 3 is 2.53 bits per heavy atom. The molecule has 0 heterocycles. The lowest BCUT2D eigenvalue weighted by molar-refractivity contribution is 0.305. The lowest BCUT2D eigenvalue weighted by Gasteiger charge is -2.06. The first-order valence-corrected chi connectivity index (χ1v) is 6.46. The molecule has 0 aliphatic heterocycles. The highest BCUT2D eigenvalue weighted by molar-refractivity contribution is 5.20. The largest absolute Gasteiger partial charge is 0.494 e. The van der Waals surface area contributed by atoms with Crippen molar-refractivity contribution in [2.75, 3.05) is 33.3 Å². The number of ether oxygens (including phenoxy) is 1. The highest BCUT2D eigenvalue weighted by Crippen LogP contribution is 2.08. The molecule has 1 aromatic rings. The van der Waals surface area contributed by atoms with Crippen LogP contribution in [0, 0.1) is 0 Å². The minimum Gasteiger partial charge on any atom is -0.494 e. The summed E-state index contributed by atoms with van der Waals surface area (Å²) in [5.74, 6) is 0.972. The van der Waals surface area contributed by atoms with E-state index in [9.17, 15) is 0 Å². The minimum atomic E-state index is 0.820. The van der Waals surface area contributed by atoms with Crippen LogP contribution in [-0.4, -0.2) is 33.3 Å². The van der Waals surface area contributed by atoms with Gasteiger partial charge in [-0.05, 0) is 45.0 Å². The van der Waals surface area contributed by atoms with Gasteiger partial charge in [-0.1, -0.05) is 18.2 Å². The Morgan fingerprint density at radius 2 is 1.76 bits per heavy atom. The van der Waals surface area contributed by atoms with Crippen LogP contribution in [0.3, 0.4) is 0 Å². The predicted molar refractivity (Wildman–Crippen MR) is 72.6 cm³/mol. The second-order valence-corrected chi connectivity index (χ2v) is 4.08. The molecule has 96 valence electrons. The maximum absolute atomic E-state index is 5.62. The molecule has 0 aliphatic carbocycles. The molecule has 0 bridgehead atoms. The van der Waals surface area contributed by atoms with E-state index in [4.69, 9.17) is 4.74 Å². The van der Waals surface area contributed by atoms with Crippen LogP contribution in [0.15, 0.2) is 30.3 Å². The molecule has 0 spiro atoms. The SMILES string of the molecule is CNCCNCCCCCOc1ccccc1. The number of para-hydroxylation sites is 1. The average Bonchev–Trinajstić information content (AvgIpc) is 2.38. The molecule has 0 atom stereocenters. The first-order valence-electron chi connectivity index (χ1n) is 6.46. The third-order valence-corrected chi connectivity index (χ3v) is 2.56. The molecule has 17 heavy (non-hydrogen) atoms. The molecule has 0 saturated heterocycles. The molecule has 0 aliphatic rings. The highest BCUT2D eigenvalue weighted by atomic mass is 16.5. The van der Waals surface area contributed by atoms with Gasteiger partial charge in [0.2, 0.25) is 0 Å². The third kappa shape index (κ3) is 7.77. The Morgan fingerprint density at radius 1 is 0.941 bits per heavy atom. The van der Waals surface area contributed by atoms with Gasteiger partial charge in [-0.25, -0.2) is 0 Å². The van der Waals surface area contributed by atoms with Crippen LogP contribution < -0.4 is 15.4 Å². The van der Waals surface area contributed by atoms with Crippen LogP contribution in [0.5, 0.6) is 5.75 Å². The summed E-state index contributed by atoms with van der Waals surface area (Å²) in [5, 5.41) is 6.51. The van der Waals surface area contributed by atoms with E-state index < -0.39 is 0 Å². The number of hydrogen-bond donors (Lipinski definition) is 2. The number of likely N-dealkylation sites (N-methyl/N-ethyl adjacent to an activating group) is 1. The average molecular weight is 236 g/mol. The quantitative estimate of drug-likeness (QED) is 0.610. The molecule has 0 aromatic heterocycles. The van der Waals surface area contributed by atoms with Gasteiger partial charge >= 0.3 is 0 Å². The van der Waals surface area contributed by atoms with Gasteiger partial charge in [-0.3, -0.25) is 0 Å². The summed E-state index contributed by atoms with van der Waals surface area (Å²) in [6.07, 6.45) is 3.57. The maximum Gasteiger partial charge on any atom is 0.119 e. The Kier molecular flexibility index (Phi) is 8.33. The topological polar surface area (TPSA) is 33.3 Å². The zero-order valence-corrected chi connectivity index (χ0v) is 10.7. The van der Waals surface area contributed by atoms with Gasteiger partial charge in [0.15, 0.2) is 0 Å². The molecule has 3 heteroatoms. The Bertz CT molecular complexity index is 264. The molecule has 0 saturated carbocycles. The molecule has 0 amide bonds. The lowest BCUT2D eigenvalue weighted by atomic mass is 10.2. The van der Waals surface area contributed by atoms with Crippen molar-refractivity contribution in [1.82, 2.24) is 10.6 Å². The Hall–Kier alpha value is -1.06. The Balaban J connectivity index is 1.85. The van der Waals surface area contributed by atoms with Crippen LogP contribution >= 0.6 is 0 Å². The fraction of sp³-hybridized carbons (Fsp3) is 0.571. The van der Waals surface area contributed by atoms with Gasteiger partial charge in [0.25, 0.3) is 0 Å². The summed E-state index contributed by atoms with van der Waals surface area (Å²) in [5.41, 5.74) is 0. The minimum absolute atomic E-state index is 0.820. The molecule has 0 radical (unpaired) electrons. The van der Waals surface area contributed by atoms with E-state index in [1.54, 1.807) is 0 Å². The predicted octanol–water partition coefficient (Wildman–Crippen LogP) is 2.04. The fourth-order valence-corrected chi connectivity index (χ4v) is 1.57. The van der Waals surface area contributed by atoms with E-state index in [2.05, 4.69) is 10.6 Å². The molecular formula is C14H24N2O. The summed E-state index contributed by atoms with van der Waals surface area (Å²) in [7, 11) is 1.97. The van der Waals surface area contributed by atoms with Crippen molar-refractivity contribution in [2.24, 2.45) is 0 Å². The molecule has 0 unspecified atom stereocenters. The van der Waals surface area contributed by atoms with Crippen molar-refractivity contribution >= 4 is 0 Å². The second-order valence-electron chi connectivity index (χ2n) is 4.08. The fourth-order valence-electron chi connectivity index (χ4n) is 1.57. The highest BCUT2D eigenvalue weighted by Gasteiger charge is 1.92. The zero-order valence-electron chi connectivity index (χ0n) is 10.7. The lowest BCUT2D eigenvalue weighted by Crippen LogP contribution is -2.25. The number of hydrogen-bond acceptors (Lipinski definition) is 3. The first kappa shape index (κ1) is 14.0. The van der Waals surface area contributed by atoms with Crippen molar-refractivity contribution in [3.63, 3.8) is 0 Å². The van der Waals surface area contributed by atoms with E-state index in [1.165, 1.54) is 12.8 Å². The summed E-state index contributed by atoms with van der Waals surface area (Å²) < 4.78 is 5.62. The van der Waals surface area contributed by atoms with Crippen LogP contribution in [0.2, 0.25) is 0 Å². The van der Waals surface area contributed by atoms with Gasteiger partial charge in [0.05, 0.1) is 6.61 Å². The number of nitrogens with one attached hydrogen (secondary N) is 2.